The zero-order chi connectivity index (χ0) is 18.7. The highest BCUT2D eigenvalue weighted by Crippen LogP contribution is 2.28. The number of hydrogen-bond donors (Lipinski definition) is 0. The third-order valence-corrected chi connectivity index (χ3v) is 4.93. The summed E-state index contributed by atoms with van der Waals surface area (Å²) in [5.41, 5.74) is 1.02. The number of morpholine rings is 1. The van der Waals surface area contributed by atoms with E-state index in [9.17, 15) is 9.18 Å². The van der Waals surface area contributed by atoms with Gasteiger partial charge < -0.3 is 14.4 Å². The Labute approximate surface area is 157 Å². The molecule has 2 saturated heterocycles. The Kier molecular flexibility index (Phi) is 5.15. The lowest BCUT2D eigenvalue weighted by Gasteiger charge is -2.43. The van der Waals surface area contributed by atoms with Gasteiger partial charge in [-0.15, -0.1) is 0 Å². The Morgan fingerprint density at radius 2 is 2.15 bits per heavy atom. The van der Waals surface area contributed by atoms with Crippen LogP contribution in [0.5, 0.6) is 0 Å². The van der Waals surface area contributed by atoms with E-state index in [1.54, 1.807) is 23.2 Å². The van der Waals surface area contributed by atoms with Crippen molar-refractivity contribution in [2.75, 3.05) is 44.4 Å². The average Bonchev–Trinajstić information content (AvgIpc) is 2.87. The maximum Gasteiger partial charge on any atom is 0.253 e. The summed E-state index contributed by atoms with van der Waals surface area (Å²) in [4.78, 5) is 20.4. The number of carbonyl (C=O) groups is 1. The summed E-state index contributed by atoms with van der Waals surface area (Å²) < 4.78 is 25.4. The van der Waals surface area contributed by atoms with Crippen molar-refractivity contribution >= 4 is 11.6 Å². The van der Waals surface area contributed by atoms with E-state index in [1.165, 1.54) is 12.1 Å². The molecule has 1 aromatic heterocycles. The normalized spacial score (nSPS) is 24.2. The molecule has 3 heterocycles. The fourth-order valence-corrected chi connectivity index (χ4v) is 3.65. The van der Waals surface area contributed by atoms with Crippen LogP contribution in [0.15, 0.2) is 48.8 Å². The van der Waals surface area contributed by atoms with Gasteiger partial charge in [-0.1, -0.05) is 12.1 Å². The second-order valence-corrected chi connectivity index (χ2v) is 7.06. The summed E-state index contributed by atoms with van der Waals surface area (Å²) in [6.07, 6.45) is 3.60. The van der Waals surface area contributed by atoms with Crippen molar-refractivity contribution in [3.8, 4) is 0 Å². The quantitative estimate of drug-likeness (QED) is 0.824. The first-order valence-corrected chi connectivity index (χ1v) is 9.02. The van der Waals surface area contributed by atoms with Gasteiger partial charge in [-0.25, -0.2) is 4.39 Å². The minimum atomic E-state index is -0.640. The number of benzene rings is 1. The maximum atomic E-state index is 13.6. The molecule has 1 atom stereocenters. The first-order chi connectivity index (χ1) is 13.1. The number of hydrogen-bond acceptors (Lipinski definition) is 5. The van der Waals surface area contributed by atoms with Crippen LogP contribution in [0.1, 0.15) is 5.56 Å². The van der Waals surface area contributed by atoms with Gasteiger partial charge in [0.25, 0.3) is 5.91 Å². The molecule has 1 spiro atoms. The van der Waals surface area contributed by atoms with Crippen LogP contribution < -0.4 is 4.90 Å². The number of halogens is 1. The van der Waals surface area contributed by atoms with Gasteiger partial charge in [0, 0.05) is 37.7 Å². The van der Waals surface area contributed by atoms with E-state index in [0.29, 0.717) is 32.0 Å². The average molecular weight is 371 g/mol. The summed E-state index contributed by atoms with van der Waals surface area (Å²) in [7, 11) is 0. The SMILES string of the molecule is O=C1CO[C@]2(COCCN(Cc3cccnc3)C2)CN1c1cccc(F)c1. The molecule has 6 nitrogen and oxygen atoms in total. The van der Waals surface area contributed by atoms with Gasteiger partial charge >= 0.3 is 0 Å². The predicted molar refractivity (Wildman–Crippen MR) is 97.8 cm³/mol. The molecule has 142 valence electrons. The number of rotatable bonds is 3. The number of anilines is 1. The molecular weight excluding hydrogens is 349 g/mol. The first kappa shape index (κ1) is 18.0. The van der Waals surface area contributed by atoms with Crippen LogP contribution >= 0.6 is 0 Å². The van der Waals surface area contributed by atoms with Gasteiger partial charge in [0.05, 0.1) is 19.8 Å². The van der Waals surface area contributed by atoms with Gasteiger partial charge in [-0.3, -0.25) is 14.7 Å². The summed E-state index contributed by atoms with van der Waals surface area (Å²) >= 11 is 0. The van der Waals surface area contributed by atoms with Crippen molar-refractivity contribution in [2.45, 2.75) is 12.1 Å². The van der Waals surface area contributed by atoms with Crippen molar-refractivity contribution in [2.24, 2.45) is 0 Å². The lowest BCUT2D eigenvalue weighted by molar-refractivity contribution is -0.146. The van der Waals surface area contributed by atoms with Crippen molar-refractivity contribution in [1.82, 2.24) is 9.88 Å². The zero-order valence-electron chi connectivity index (χ0n) is 15.0. The predicted octanol–water partition coefficient (Wildman–Crippen LogP) is 1.86. The Morgan fingerprint density at radius 3 is 2.96 bits per heavy atom. The molecule has 0 N–H and O–H groups in total. The van der Waals surface area contributed by atoms with Gasteiger partial charge in [0.1, 0.15) is 18.0 Å². The molecule has 0 radical (unpaired) electrons. The maximum absolute atomic E-state index is 13.6. The fraction of sp³-hybridized carbons (Fsp3) is 0.400. The van der Waals surface area contributed by atoms with E-state index in [0.717, 1.165) is 18.7 Å². The molecular formula is C20H22FN3O3. The van der Waals surface area contributed by atoms with Gasteiger partial charge in [-0.2, -0.15) is 0 Å². The second-order valence-electron chi connectivity index (χ2n) is 7.06. The van der Waals surface area contributed by atoms with E-state index in [4.69, 9.17) is 9.47 Å². The molecule has 0 aliphatic carbocycles. The van der Waals surface area contributed by atoms with Crippen molar-refractivity contribution in [3.05, 3.63) is 60.2 Å². The molecule has 4 rings (SSSR count). The highest BCUT2D eigenvalue weighted by atomic mass is 19.1. The molecule has 2 aliphatic rings. The molecule has 0 bridgehead atoms. The third kappa shape index (κ3) is 4.16. The molecule has 2 aliphatic heterocycles. The Hall–Kier alpha value is -2.35. The summed E-state index contributed by atoms with van der Waals surface area (Å²) in [5.74, 6) is -0.537. The van der Waals surface area contributed by atoms with Gasteiger partial charge in [-0.05, 0) is 29.8 Å². The Morgan fingerprint density at radius 1 is 1.22 bits per heavy atom. The molecule has 7 heteroatoms. The monoisotopic (exact) mass is 371 g/mol. The summed E-state index contributed by atoms with van der Waals surface area (Å²) in [6, 6.07) is 10.1. The molecule has 2 aromatic rings. The van der Waals surface area contributed by atoms with Crippen LogP contribution in [0, 0.1) is 5.82 Å². The summed E-state index contributed by atoms with van der Waals surface area (Å²) in [5, 5.41) is 0. The van der Waals surface area contributed by atoms with Crippen molar-refractivity contribution < 1.29 is 18.7 Å². The van der Waals surface area contributed by atoms with Crippen LogP contribution in [0.4, 0.5) is 10.1 Å². The summed E-state index contributed by atoms with van der Waals surface area (Å²) in [6.45, 7) is 3.42. The van der Waals surface area contributed by atoms with Gasteiger partial charge in [0.2, 0.25) is 0 Å². The first-order valence-electron chi connectivity index (χ1n) is 9.02. The fourth-order valence-electron chi connectivity index (χ4n) is 3.65. The number of amides is 1. The number of aromatic nitrogens is 1. The molecule has 0 unspecified atom stereocenters. The minimum absolute atomic E-state index is 0.0411. The Bertz CT molecular complexity index is 804. The van der Waals surface area contributed by atoms with E-state index >= 15 is 0 Å². The largest absolute Gasteiger partial charge is 0.377 e. The Balaban J connectivity index is 1.54. The van der Waals surface area contributed by atoms with Crippen LogP contribution in [0.2, 0.25) is 0 Å². The smallest absolute Gasteiger partial charge is 0.253 e. The zero-order valence-corrected chi connectivity index (χ0v) is 15.0. The van der Waals surface area contributed by atoms with Crippen LogP contribution in [0.25, 0.3) is 0 Å². The van der Waals surface area contributed by atoms with Gasteiger partial charge in [0.15, 0.2) is 0 Å². The van der Waals surface area contributed by atoms with Crippen molar-refractivity contribution in [1.29, 1.82) is 0 Å². The van der Waals surface area contributed by atoms with Crippen LogP contribution in [-0.4, -0.2) is 60.8 Å². The molecule has 0 saturated carbocycles. The van der Waals surface area contributed by atoms with E-state index in [-0.39, 0.29) is 18.3 Å². The number of pyridine rings is 1. The topological polar surface area (TPSA) is 54.9 Å². The van der Waals surface area contributed by atoms with Crippen molar-refractivity contribution in [3.63, 3.8) is 0 Å². The standard InChI is InChI=1S/C20H22FN3O3/c21-17-4-1-5-18(9-17)24-14-20(27-12-19(24)25)13-23(7-8-26-15-20)11-16-3-2-6-22-10-16/h1-6,9-10H,7-8,11-15H2/t20-/m0/s1. The third-order valence-electron chi connectivity index (χ3n) is 4.93. The number of carbonyl (C=O) groups excluding carboxylic acids is 1. The highest BCUT2D eigenvalue weighted by Gasteiger charge is 2.43. The lowest BCUT2D eigenvalue weighted by atomic mass is 10.0. The molecule has 2 fully saturated rings. The molecule has 1 amide bonds. The number of nitrogens with zero attached hydrogens (tertiary/aromatic N) is 3. The lowest BCUT2D eigenvalue weighted by Crippen LogP contribution is -2.60. The highest BCUT2D eigenvalue weighted by molar-refractivity contribution is 5.95. The molecule has 27 heavy (non-hydrogen) atoms. The minimum Gasteiger partial charge on any atom is -0.377 e. The van der Waals surface area contributed by atoms with Crippen LogP contribution in [0.3, 0.4) is 0 Å². The van der Waals surface area contributed by atoms with E-state index in [1.807, 2.05) is 18.3 Å². The van der Waals surface area contributed by atoms with Crippen LogP contribution in [-0.2, 0) is 20.8 Å². The molecule has 1 aromatic carbocycles. The second kappa shape index (κ2) is 7.72. The van der Waals surface area contributed by atoms with E-state index in [2.05, 4.69) is 9.88 Å². The number of ether oxygens (including phenoxy) is 2. The van der Waals surface area contributed by atoms with E-state index < -0.39 is 5.60 Å².